The predicted octanol–water partition coefficient (Wildman–Crippen LogP) is 5.90. The maximum absolute atomic E-state index is 6.17. The van der Waals surface area contributed by atoms with Gasteiger partial charge in [0.25, 0.3) is 0 Å². The Labute approximate surface area is 133 Å². The van der Waals surface area contributed by atoms with E-state index in [4.69, 9.17) is 11.6 Å². The highest BCUT2D eigenvalue weighted by Gasteiger charge is 2.22. The number of aryl methyl sites for hydroxylation is 1. The Morgan fingerprint density at radius 3 is 2.55 bits per heavy atom. The first-order valence-electron chi connectivity index (χ1n) is 6.92. The monoisotopic (exact) mass is 349 g/mol. The first kappa shape index (κ1) is 14.0. The smallest absolute Gasteiger partial charge is 0.0502 e. The second kappa shape index (κ2) is 5.79. The molecule has 0 radical (unpaired) electrons. The lowest BCUT2D eigenvalue weighted by Crippen LogP contribution is -2.00. The molecule has 0 aliphatic heterocycles. The highest BCUT2D eigenvalue weighted by atomic mass is 79.9. The molecule has 0 atom stereocenters. The second-order valence-electron chi connectivity index (χ2n) is 5.45. The lowest BCUT2D eigenvalue weighted by Gasteiger charge is -2.11. The molecule has 0 unspecified atom stereocenters. The number of nitrogens with one attached hydrogen (secondary N) is 1. The van der Waals surface area contributed by atoms with Gasteiger partial charge in [-0.15, -0.1) is 0 Å². The van der Waals surface area contributed by atoms with Gasteiger partial charge in [-0.3, -0.25) is 0 Å². The SMILES string of the molecule is Cc1cc(Br)c(NCc2ccc(C3CC3)cc2)cc1Cl. The third kappa shape index (κ3) is 3.18. The fourth-order valence-electron chi connectivity index (χ4n) is 2.30. The molecule has 3 heteroatoms. The summed E-state index contributed by atoms with van der Waals surface area (Å²) < 4.78 is 1.05. The van der Waals surface area contributed by atoms with Crippen LogP contribution < -0.4 is 5.32 Å². The molecule has 0 bridgehead atoms. The van der Waals surface area contributed by atoms with Crippen LogP contribution in [0.1, 0.15) is 35.4 Å². The minimum Gasteiger partial charge on any atom is -0.380 e. The molecule has 0 spiro atoms. The Balaban J connectivity index is 1.68. The van der Waals surface area contributed by atoms with Crippen molar-refractivity contribution >= 4 is 33.2 Å². The quantitative estimate of drug-likeness (QED) is 0.723. The summed E-state index contributed by atoms with van der Waals surface area (Å²) >= 11 is 9.74. The molecule has 0 aromatic heterocycles. The van der Waals surface area contributed by atoms with Crippen LogP contribution in [-0.4, -0.2) is 0 Å². The van der Waals surface area contributed by atoms with Crippen molar-refractivity contribution in [2.45, 2.75) is 32.2 Å². The number of rotatable bonds is 4. The predicted molar refractivity (Wildman–Crippen MR) is 89.6 cm³/mol. The van der Waals surface area contributed by atoms with E-state index in [1.807, 2.05) is 19.1 Å². The average molecular weight is 351 g/mol. The molecule has 1 aliphatic carbocycles. The third-order valence-electron chi connectivity index (χ3n) is 3.76. The van der Waals surface area contributed by atoms with Gasteiger partial charge in [-0.25, -0.2) is 0 Å². The van der Waals surface area contributed by atoms with Gasteiger partial charge < -0.3 is 5.32 Å². The second-order valence-corrected chi connectivity index (χ2v) is 6.71. The van der Waals surface area contributed by atoms with Gasteiger partial charge in [-0.1, -0.05) is 35.9 Å². The van der Waals surface area contributed by atoms with Gasteiger partial charge in [-0.2, -0.15) is 0 Å². The lowest BCUT2D eigenvalue weighted by atomic mass is 10.1. The molecule has 0 saturated heterocycles. The van der Waals surface area contributed by atoms with Crippen molar-refractivity contribution in [1.29, 1.82) is 0 Å². The maximum Gasteiger partial charge on any atom is 0.0502 e. The summed E-state index contributed by atoms with van der Waals surface area (Å²) in [5.41, 5.74) is 4.89. The van der Waals surface area contributed by atoms with Crippen LogP contribution in [0.25, 0.3) is 0 Å². The van der Waals surface area contributed by atoms with Gasteiger partial charge in [-0.05, 0) is 70.4 Å². The third-order valence-corrected chi connectivity index (χ3v) is 4.82. The van der Waals surface area contributed by atoms with E-state index in [-0.39, 0.29) is 0 Å². The number of benzene rings is 2. The molecular weight excluding hydrogens is 334 g/mol. The topological polar surface area (TPSA) is 12.0 Å². The minimum atomic E-state index is 0.791. The van der Waals surface area contributed by atoms with Crippen molar-refractivity contribution in [3.63, 3.8) is 0 Å². The Morgan fingerprint density at radius 1 is 1.20 bits per heavy atom. The summed E-state index contributed by atoms with van der Waals surface area (Å²) in [6.45, 7) is 2.82. The molecule has 2 aromatic rings. The molecule has 1 saturated carbocycles. The van der Waals surface area contributed by atoms with Crippen LogP contribution in [0.4, 0.5) is 5.69 Å². The summed E-state index contributed by atoms with van der Waals surface area (Å²) in [5, 5.41) is 4.22. The van der Waals surface area contributed by atoms with Crippen molar-refractivity contribution in [3.8, 4) is 0 Å². The van der Waals surface area contributed by atoms with E-state index in [2.05, 4.69) is 45.5 Å². The van der Waals surface area contributed by atoms with Crippen LogP contribution in [0, 0.1) is 6.92 Å². The minimum absolute atomic E-state index is 0.791. The first-order valence-corrected chi connectivity index (χ1v) is 8.09. The normalized spacial score (nSPS) is 14.3. The molecule has 20 heavy (non-hydrogen) atoms. The Hall–Kier alpha value is -0.990. The zero-order valence-corrected chi connectivity index (χ0v) is 13.8. The Kier molecular flexibility index (Phi) is 4.04. The van der Waals surface area contributed by atoms with Crippen molar-refractivity contribution in [2.24, 2.45) is 0 Å². The highest BCUT2D eigenvalue weighted by molar-refractivity contribution is 9.10. The van der Waals surface area contributed by atoms with Crippen LogP contribution >= 0.6 is 27.5 Å². The number of anilines is 1. The molecule has 1 nitrogen and oxygen atoms in total. The molecule has 1 N–H and O–H groups in total. The number of hydrogen-bond acceptors (Lipinski definition) is 1. The van der Waals surface area contributed by atoms with Crippen LogP contribution in [0.15, 0.2) is 40.9 Å². The van der Waals surface area contributed by atoms with Gasteiger partial charge in [0.15, 0.2) is 0 Å². The Bertz CT molecular complexity index is 618. The van der Waals surface area contributed by atoms with Gasteiger partial charge in [0.2, 0.25) is 0 Å². The Morgan fingerprint density at radius 2 is 1.90 bits per heavy atom. The molecule has 1 aliphatic rings. The van der Waals surface area contributed by atoms with Gasteiger partial charge in [0, 0.05) is 16.0 Å². The molecule has 0 heterocycles. The van der Waals surface area contributed by atoms with Crippen molar-refractivity contribution in [1.82, 2.24) is 0 Å². The maximum atomic E-state index is 6.17. The molecular formula is C17H17BrClN. The van der Waals surface area contributed by atoms with Gasteiger partial charge in [0.1, 0.15) is 0 Å². The van der Waals surface area contributed by atoms with Crippen molar-refractivity contribution < 1.29 is 0 Å². The van der Waals surface area contributed by atoms with Gasteiger partial charge >= 0.3 is 0 Å². The molecule has 2 aromatic carbocycles. The van der Waals surface area contributed by atoms with Crippen LogP contribution in [0.5, 0.6) is 0 Å². The summed E-state index contributed by atoms with van der Waals surface area (Å²) in [6, 6.07) is 13.0. The van der Waals surface area contributed by atoms with E-state index in [1.165, 1.54) is 24.0 Å². The number of halogens is 2. The lowest BCUT2D eigenvalue weighted by molar-refractivity contribution is 1.10. The summed E-state index contributed by atoms with van der Waals surface area (Å²) in [4.78, 5) is 0. The zero-order valence-electron chi connectivity index (χ0n) is 11.4. The zero-order chi connectivity index (χ0) is 14.1. The standard InChI is InChI=1S/C17H17BrClN/c1-11-8-15(18)17(9-16(11)19)20-10-12-2-4-13(5-3-12)14-6-7-14/h2-5,8-9,14,20H,6-7,10H2,1H3. The first-order chi connectivity index (χ1) is 9.63. The van der Waals surface area contributed by atoms with Crippen molar-refractivity contribution in [3.05, 3.63) is 62.6 Å². The van der Waals surface area contributed by atoms with E-state index in [1.54, 1.807) is 0 Å². The fraction of sp³-hybridized carbons (Fsp3) is 0.294. The van der Waals surface area contributed by atoms with E-state index >= 15 is 0 Å². The highest BCUT2D eigenvalue weighted by Crippen LogP contribution is 2.40. The summed E-state index contributed by atoms with van der Waals surface area (Å²) in [5.74, 6) is 0.821. The molecule has 104 valence electrons. The molecule has 3 rings (SSSR count). The van der Waals surface area contributed by atoms with E-state index in [9.17, 15) is 0 Å². The fourth-order valence-corrected chi connectivity index (χ4v) is 3.07. The summed E-state index contributed by atoms with van der Waals surface area (Å²) in [6.07, 6.45) is 2.71. The van der Waals surface area contributed by atoms with E-state index < -0.39 is 0 Å². The molecule has 0 amide bonds. The van der Waals surface area contributed by atoms with Crippen LogP contribution in [0.2, 0.25) is 5.02 Å². The largest absolute Gasteiger partial charge is 0.380 e. The summed E-state index contributed by atoms with van der Waals surface area (Å²) in [7, 11) is 0. The van der Waals surface area contributed by atoms with Crippen LogP contribution in [-0.2, 0) is 6.54 Å². The van der Waals surface area contributed by atoms with E-state index in [0.717, 1.165) is 33.2 Å². The van der Waals surface area contributed by atoms with E-state index in [0.29, 0.717) is 0 Å². The van der Waals surface area contributed by atoms with Crippen molar-refractivity contribution in [2.75, 3.05) is 5.32 Å². The average Bonchev–Trinajstić information content (AvgIpc) is 3.26. The molecule has 1 fully saturated rings. The van der Waals surface area contributed by atoms with Gasteiger partial charge in [0.05, 0.1) is 5.69 Å². The number of hydrogen-bond donors (Lipinski definition) is 1. The van der Waals surface area contributed by atoms with Crippen LogP contribution in [0.3, 0.4) is 0 Å².